The third-order valence-corrected chi connectivity index (χ3v) is 10.8. The van der Waals surface area contributed by atoms with E-state index in [0.717, 1.165) is 34.3 Å². The summed E-state index contributed by atoms with van der Waals surface area (Å²) in [6, 6.07) is 12.3. The molecule has 0 spiro atoms. The smallest absolute Gasteiger partial charge is 0.164 e. The summed E-state index contributed by atoms with van der Waals surface area (Å²) >= 11 is 0. The summed E-state index contributed by atoms with van der Waals surface area (Å²) in [5.74, 6) is 3.76. The Labute approximate surface area is 242 Å². The molecule has 3 aromatic rings. The second-order valence-electron chi connectivity index (χ2n) is 13.3. The van der Waals surface area contributed by atoms with Gasteiger partial charge in [-0.1, -0.05) is 79.4 Å². The predicted molar refractivity (Wildman–Crippen MR) is 150 cm³/mol. The number of hydrogen-bond acceptors (Lipinski definition) is 4. The SMILES string of the molecule is CC1(C)c2c[c-]c(-c3ccc(-c4nc(C5CCCC5)nc(C5CCCC5)n4)cn3)cc2C(C)(C)C1(C)C.[Ir]. The van der Waals surface area contributed by atoms with Crippen LogP contribution in [0.2, 0.25) is 0 Å². The van der Waals surface area contributed by atoms with Crippen molar-refractivity contribution in [3.8, 4) is 22.6 Å². The Kier molecular flexibility index (Phi) is 7.18. The molecule has 203 valence electrons. The van der Waals surface area contributed by atoms with Crippen LogP contribution >= 0.6 is 0 Å². The van der Waals surface area contributed by atoms with E-state index >= 15 is 0 Å². The molecule has 0 unspecified atom stereocenters. The van der Waals surface area contributed by atoms with Crippen molar-refractivity contribution in [3.05, 3.63) is 59.3 Å². The van der Waals surface area contributed by atoms with Gasteiger partial charge in [-0.05, 0) is 47.6 Å². The van der Waals surface area contributed by atoms with Crippen LogP contribution in [-0.4, -0.2) is 19.9 Å². The molecule has 2 aromatic heterocycles. The molecule has 0 aliphatic heterocycles. The van der Waals surface area contributed by atoms with Gasteiger partial charge in [-0.2, -0.15) is 0 Å². The van der Waals surface area contributed by atoms with E-state index in [0.29, 0.717) is 11.8 Å². The van der Waals surface area contributed by atoms with Crippen molar-refractivity contribution in [3.63, 3.8) is 0 Å². The van der Waals surface area contributed by atoms with Gasteiger partial charge in [-0.25, -0.2) is 15.0 Å². The van der Waals surface area contributed by atoms with Gasteiger partial charge in [-0.3, -0.25) is 0 Å². The maximum absolute atomic E-state index is 5.01. The molecule has 0 saturated heterocycles. The Bertz CT molecular complexity index is 1280. The van der Waals surface area contributed by atoms with Gasteiger partial charge < -0.3 is 4.98 Å². The maximum Gasteiger partial charge on any atom is 0.164 e. The van der Waals surface area contributed by atoms with Crippen molar-refractivity contribution < 1.29 is 20.1 Å². The molecule has 1 radical (unpaired) electrons. The second-order valence-corrected chi connectivity index (χ2v) is 13.3. The molecule has 0 amide bonds. The van der Waals surface area contributed by atoms with E-state index in [1.807, 2.05) is 6.20 Å². The van der Waals surface area contributed by atoms with Crippen molar-refractivity contribution in [2.24, 2.45) is 5.41 Å². The first-order valence-corrected chi connectivity index (χ1v) is 14.4. The maximum atomic E-state index is 5.01. The van der Waals surface area contributed by atoms with Crippen molar-refractivity contribution in [2.45, 2.75) is 116 Å². The van der Waals surface area contributed by atoms with Crippen molar-refractivity contribution in [1.82, 2.24) is 19.9 Å². The fraction of sp³-hybridized carbons (Fsp3) is 0.576. The largest absolute Gasteiger partial charge is 0.304 e. The van der Waals surface area contributed by atoms with E-state index in [1.54, 1.807) is 0 Å². The molecule has 1 aromatic carbocycles. The predicted octanol–water partition coefficient (Wildman–Crippen LogP) is 8.31. The summed E-state index contributed by atoms with van der Waals surface area (Å²) in [7, 11) is 0. The monoisotopic (exact) mass is 686 g/mol. The zero-order valence-corrected chi connectivity index (χ0v) is 26.2. The van der Waals surface area contributed by atoms with Crippen molar-refractivity contribution >= 4 is 0 Å². The molecule has 3 aliphatic carbocycles. The summed E-state index contributed by atoms with van der Waals surface area (Å²) in [6.07, 6.45) is 11.9. The minimum Gasteiger partial charge on any atom is -0.304 e. The van der Waals surface area contributed by atoms with Gasteiger partial charge in [0.1, 0.15) is 11.6 Å². The first-order chi connectivity index (χ1) is 17.6. The minimum absolute atomic E-state index is 0. The summed E-state index contributed by atoms with van der Waals surface area (Å²) in [5.41, 5.74) is 6.10. The molecule has 0 N–H and O–H groups in total. The molecule has 38 heavy (non-hydrogen) atoms. The van der Waals surface area contributed by atoms with Crippen LogP contribution in [0.25, 0.3) is 22.6 Å². The minimum atomic E-state index is 0. The average Bonchev–Trinajstić information content (AvgIpc) is 3.64. The third-order valence-electron chi connectivity index (χ3n) is 10.8. The molecular weight excluding hydrogens is 645 g/mol. The Hall–Kier alpha value is -1.97. The van der Waals surface area contributed by atoms with E-state index in [2.05, 4.69) is 71.9 Å². The van der Waals surface area contributed by atoms with Crippen LogP contribution in [0.1, 0.15) is 128 Å². The molecule has 0 atom stereocenters. The molecule has 2 fully saturated rings. The van der Waals surface area contributed by atoms with E-state index in [4.69, 9.17) is 19.9 Å². The average molecular weight is 686 g/mol. The number of nitrogens with zero attached hydrogens (tertiary/aromatic N) is 4. The van der Waals surface area contributed by atoms with Crippen LogP contribution < -0.4 is 0 Å². The molecular formula is C33H41IrN4-. The second kappa shape index (κ2) is 9.89. The molecule has 0 bridgehead atoms. The van der Waals surface area contributed by atoms with Crippen LogP contribution in [0.4, 0.5) is 0 Å². The molecule has 3 aliphatic rings. The normalized spacial score (nSPS) is 21.8. The van der Waals surface area contributed by atoms with E-state index in [-0.39, 0.29) is 36.4 Å². The van der Waals surface area contributed by atoms with Gasteiger partial charge in [0, 0.05) is 43.7 Å². The Morgan fingerprint density at radius 2 is 1.29 bits per heavy atom. The van der Waals surface area contributed by atoms with Crippen molar-refractivity contribution in [1.29, 1.82) is 0 Å². The molecule has 5 heteroatoms. The zero-order valence-electron chi connectivity index (χ0n) is 23.8. The molecule has 6 rings (SSSR count). The Morgan fingerprint density at radius 3 is 1.82 bits per heavy atom. The number of hydrogen-bond donors (Lipinski definition) is 0. The fourth-order valence-electron chi connectivity index (χ4n) is 7.09. The topological polar surface area (TPSA) is 51.6 Å². The fourth-order valence-corrected chi connectivity index (χ4v) is 7.09. The summed E-state index contributed by atoms with van der Waals surface area (Å²) in [6.45, 7) is 14.3. The van der Waals surface area contributed by atoms with Gasteiger partial charge in [-0.15, -0.1) is 34.9 Å². The van der Waals surface area contributed by atoms with E-state index in [1.165, 1.54) is 62.5 Å². The zero-order chi connectivity index (χ0) is 26.0. The number of benzene rings is 1. The van der Waals surface area contributed by atoms with Crippen LogP contribution in [0, 0.1) is 11.5 Å². The third kappa shape index (κ3) is 4.29. The molecule has 4 nitrogen and oxygen atoms in total. The van der Waals surface area contributed by atoms with Gasteiger partial charge in [0.05, 0.1) is 0 Å². The Balaban J connectivity index is 0.00000294. The van der Waals surface area contributed by atoms with Crippen LogP contribution in [0.3, 0.4) is 0 Å². The van der Waals surface area contributed by atoms with Crippen molar-refractivity contribution in [2.75, 3.05) is 0 Å². The Morgan fingerprint density at radius 1 is 0.737 bits per heavy atom. The first kappa shape index (κ1) is 27.6. The van der Waals surface area contributed by atoms with Gasteiger partial charge in [0.15, 0.2) is 5.82 Å². The van der Waals surface area contributed by atoms with Gasteiger partial charge >= 0.3 is 0 Å². The quantitative estimate of drug-likeness (QED) is 0.260. The van der Waals surface area contributed by atoms with Crippen LogP contribution in [0.5, 0.6) is 0 Å². The standard InChI is InChI=1S/C33H41N4.Ir/c1-31(2)25-17-15-23(19-26(25)32(3,4)33(31,5)6)27-18-16-24(20-34-27)30-36-28(21-11-7-8-12-21)35-29(37-30)22-13-9-10-14-22;/h16-22H,7-14H2,1-6H3;/q-1;. The number of pyridine rings is 1. The van der Waals surface area contributed by atoms with E-state index < -0.39 is 0 Å². The number of fused-ring (bicyclic) bond motifs is 1. The summed E-state index contributed by atoms with van der Waals surface area (Å²) in [5, 5.41) is 0. The van der Waals surface area contributed by atoms with Gasteiger partial charge in [0.2, 0.25) is 0 Å². The van der Waals surface area contributed by atoms with Crippen LogP contribution in [0.15, 0.2) is 30.5 Å². The number of aromatic nitrogens is 4. The van der Waals surface area contributed by atoms with Crippen LogP contribution in [-0.2, 0) is 30.9 Å². The van der Waals surface area contributed by atoms with E-state index in [9.17, 15) is 0 Å². The number of rotatable bonds is 4. The molecule has 2 heterocycles. The summed E-state index contributed by atoms with van der Waals surface area (Å²) < 4.78 is 0. The summed E-state index contributed by atoms with van der Waals surface area (Å²) in [4.78, 5) is 19.9. The first-order valence-electron chi connectivity index (χ1n) is 14.4. The van der Waals surface area contributed by atoms with Gasteiger partial charge in [0.25, 0.3) is 0 Å². The molecule has 2 saturated carbocycles.